The monoisotopic (exact) mass is 321 g/mol. The summed E-state index contributed by atoms with van der Waals surface area (Å²) in [4.78, 5) is 2.57. The minimum Gasteiger partial charge on any atom is -0.392 e. The Bertz CT molecular complexity index is 708. The predicted octanol–water partition coefficient (Wildman–Crippen LogP) is 3.24. The van der Waals surface area contributed by atoms with E-state index in [9.17, 15) is 5.11 Å². The molecular formula is C21H23NO2. The van der Waals surface area contributed by atoms with Crippen LogP contribution in [0.4, 0.5) is 0 Å². The molecule has 24 heavy (non-hydrogen) atoms. The molecule has 1 N–H and O–H groups in total. The minimum atomic E-state index is 0.100. The molecule has 2 aromatic rings. The Labute approximate surface area is 143 Å². The lowest BCUT2D eigenvalue weighted by atomic mass is 9.89. The normalized spacial score (nSPS) is 23.8. The van der Waals surface area contributed by atoms with Gasteiger partial charge in [0.05, 0.1) is 25.9 Å². The fraction of sp³-hybridized carbons (Fsp3) is 0.333. The van der Waals surface area contributed by atoms with Crippen LogP contribution >= 0.6 is 0 Å². The van der Waals surface area contributed by atoms with Crippen molar-refractivity contribution < 1.29 is 9.84 Å². The molecule has 0 amide bonds. The molecule has 2 bridgehead atoms. The van der Waals surface area contributed by atoms with Gasteiger partial charge in [0.15, 0.2) is 0 Å². The molecule has 0 saturated carbocycles. The summed E-state index contributed by atoms with van der Waals surface area (Å²) < 4.78 is 5.81. The van der Waals surface area contributed by atoms with Gasteiger partial charge in [0.1, 0.15) is 0 Å². The molecule has 0 spiro atoms. The predicted molar refractivity (Wildman–Crippen MR) is 95.3 cm³/mol. The maximum atomic E-state index is 9.21. The number of rotatable bonds is 4. The molecule has 2 unspecified atom stereocenters. The number of morpholine rings is 1. The lowest BCUT2D eigenvalue weighted by Crippen LogP contribution is -2.53. The van der Waals surface area contributed by atoms with E-state index < -0.39 is 0 Å². The molecule has 0 aliphatic carbocycles. The van der Waals surface area contributed by atoms with E-state index in [0.29, 0.717) is 12.1 Å². The van der Waals surface area contributed by atoms with Crippen molar-refractivity contribution >= 4 is 5.57 Å². The van der Waals surface area contributed by atoms with E-state index in [4.69, 9.17) is 4.74 Å². The Balaban J connectivity index is 1.57. The quantitative estimate of drug-likeness (QED) is 0.938. The molecule has 2 atom stereocenters. The number of nitrogens with zero attached hydrogens (tertiary/aromatic N) is 1. The second-order valence-corrected chi connectivity index (χ2v) is 6.67. The molecule has 0 aromatic heterocycles. The second-order valence-electron chi connectivity index (χ2n) is 6.67. The molecule has 2 heterocycles. The van der Waals surface area contributed by atoms with Gasteiger partial charge in [0.25, 0.3) is 0 Å². The Kier molecular flexibility index (Phi) is 4.48. The van der Waals surface area contributed by atoms with E-state index in [1.54, 1.807) is 0 Å². The highest BCUT2D eigenvalue weighted by molar-refractivity contribution is 5.68. The van der Waals surface area contributed by atoms with E-state index in [2.05, 4.69) is 53.4 Å². The van der Waals surface area contributed by atoms with Gasteiger partial charge in [-0.3, -0.25) is 4.90 Å². The summed E-state index contributed by atoms with van der Waals surface area (Å²) in [6, 6.07) is 19.7. The van der Waals surface area contributed by atoms with Crippen molar-refractivity contribution in [1.82, 2.24) is 4.90 Å². The van der Waals surface area contributed by atoms with E-state index >= 15 is 0 Å². The smallest absolute Gasteiger partial charge is 0.0681 e. The number of aliphatic hydroxyl groups is 1. The maximum absolute atomic E-state index is 9.21. The topological polar surface area (TPSA) is 32.7 Å². The van der Waals surface area contributed by atoms with Crippen LogP contribution < -0.4 is 0 Å². The van der Waals surface area contributed by atoms with Crippen molar-refractivity contribution in [2.24, 2.45) is 0 Å². The van der Waals surface area contributed by atoms with Crippen LogP contribution in [0.25, 0.3) is 5.57 Å². The van der Waals surface area contributed by atoms with Crippen molar-refractivity contribution in [3.05, 3.63) is 77.4 Å². The van der Waals surface area contributed by atoms with E-state index in [-0.39, 0.29) is 6.61 Å². The minimum absolute atomic E-state index is 0.100. The first kappa shape index (κ1) is 15.6. The third-order valence-corrected chi connectivity index (χ3v) is 5.06. The van der Waals surface area contributed by atoms with Gasteiger partial charge < -0.3 is 9.84 Å². The molecule has 1 fully saturated rings. The lowest BCUT2D eigenvalue weighted by Gasteiger charge is -2.44. The summed E-state index contributed by atoms with van der Waals surface area (Å²) >= 11 is 0. The molecule has 124 valence electrons. The van der Waals surface area contributed by atoms with E-state index in [1.165, 1.54) is 16.7 Å². The standard InChI is InChI=1S/C21H23NO2/c23-13-17-6-8-18(9-7-17)19-10-20-14-24-15-21(11-19)22(20)12-16-4-2-1-3-5-16/h1-10,20-21,23H,11-15H2. The van der Waals surface area contributed by atoms with Crippen LogP contribution in [0.1, 0.15) is 23.1 Å². The van der Waals surface area contributed by atoms with Crippen molar-refractivity contribution in [1.29, 1.82) is 0 Å². The van der Waals surface area contributed by atoms with Crippen LogP contribution in [0.15, 0.2) is 60.7 Å². The van der Waals surface area contributed by atoms with Gasteiger partial charge in [-0.05, 0) is 28.7 Å². The van der Waals surface area contributed by atoms with Crippen LogP contribution in [0.2, 0.25) is 0 Å². The highest BCUT2D eigenvalue weighted by atomic mass is 16.5. The van der Waals surface area contributed by atoms with Crippen LogP contribution in [0.5, 0.6) is 0 Å². The Morgan fingerprint density at radius 1 is 0.958 bits per heavy atom. The lowest BCUT2D eigenvalue weighted by molar-refractivity contribution is -0.0402. The first-order chi connectivity index (χ1) is 11.8. The number of hydrogen-bond acceptors (Lipinski definition) is 3. The molecule has 2 aliphatic heterocycles. The molecule has 2 aromatic carbocycles. The largest absolute Gasteiger partial charge is 0.392 e. The summed E-state index contributed by atoms with van der Waals surface area (Å²) in [5.74, 6) is 0. The van der Waals surface area contributed by atoms with E-state index in [1.807, 2.05) is 12.1 Å². The van der Waals surface area contributed by atoms with Crippen LogP contribution in [-0.2, 0) is 17.9 Å². The van der Waals surface area contributed by atoms with Crippen LogP contribution in [0, 0.1) is 0 Å². The van der Waals surface area contributed by atoms with Crippen LogP contribution in [0.3, 0.4) is 0 Å². The fourth-order valence-corrected chi connectivity index (χ4v) is 3.74. The third-order valence-electron chi connectivity index (χ3n) is 5.06. The summed E-state index contributed by atoms with van der Waals surface area (Å²) in [7, 11) is 0. The molecule has 0 radical (unpaired) electrons. The zero-order chi connectivity index (χ0) is 16.4. The van der Waals surface area contributed by atoms with Gasteiger partial charge in [-0.1, -0.05) is 60.7 Å². The highest BCUT2D eigenvalue weighted by Gasteiger charge is 2.34. The Morgan fingerprint density at radius 2 is 1.75 bits per heavy atom. The fourth-order valence-electron chi connectivity index (χ4n) is 3.74. The van der Waals surface area contributed by atoms with Crippen molar-refractivity contribution in [3.63, 3.8) is 0 Å². The molecule has 2 aliphatic rings. The summed E-state index contributed by atoms with van der Waals surface area (Å²) in [6.07, 6.45) is 3.38. The Hall–Kier alpha value is -1.94. The highest BCUT2D eigenvalue weighted by Crippen LogP contribution is 2.33. The molecule has 3 heteroatoms. The first-order valence-electron chi connectivity index (χ1n) is 8.62. The summed E-state index contributed by atoms with van der Waals surface area (Å²) in [5, 5.41) is 9.21. The molecule has 3 nitrogen and oxygen atoms in total. The van der Waals surface area contributed by atoms with Crippen molar-refractivity contribution in [3.8, 4) is 0 Å². The van der Waals surface area contributed by atoms with Crippen LogP contribution in [-0.4, -0.2) is 35.3 Å². The van der Waals surface area contributed by atoms with E-state index in [0.717, 1.165) is 31.7 Å². The van der Waals surface area contributed by atoms with Gasteiger partial charge in [0.2, 0.25) is 0 Å². The number of aliphatic hydroxyl groups excluding tert-OH is 1. The van der Waals surface area contributed by atoms with Gasteiger partial charge >= 0.3 is 0 Å². The molecule has 1 saturated heterocycles. The van der Waals surface area contributed by atoms with Gasteiger partial charge in [-0.15, -0.1) is 0 Å². The van der Waals surface area contributed by atoms with Gasteiger partial charge in [-0.25, -0.2) is 0 Å². The number of ether oxygens (including phenoxy) is 1. The molecule has 4 rings (SSSR count). The first-order valence-corrected chi connectivity index (χ1v) is 8.62. The number of fused-ring (bicyclic) bond motifs is 2. The Morgan fingerprint density at radius 3 is 2.46 bits per heavy atom. The number of benzene rings is 2. The van der Waals surface area contributed by atoms with Crippen molar-refractivity contribution in [2.75, 3.05) is 13.2 Å². The second kappa shape index (κ2) is 6.89. The average Bonchev–Trinajstić information content (AvgIpc) is 2.62. The summed E-state index contributed by atoms with van der Waals surface area (Å²) in [5.41, 5.74) is 4.99. The van der Waals surface area contributed by atoms with Gasteiger partial charge in [0, 0.05) is 12.6 Å². The SMILES string of the molecule is OCc1ccc(C2=CC3COCC(C2)N3Cc2ccccc2)cc1. The number of hydrogen-bond donors (Lipinski definition) is 1. The maximum Gasteiger partial charge on any atom is 0.0681 e. The van der Waals surface area contributed by atoms with Crippen molar-refractivity contribution in [2.45, 2.75) is 31.7 Å². The zero-order valence-electron chi connectivity index (χ0n) is 13.8. The van der Waals surface area contributed by atoms with Gasteiger partial charge in [-0.2, -0.15) is 0 Å². The average molecular weight is 321 g/mol. The molecular weight excluding hydrogens is 298 g/mol. The summed E-state index contributed by atoms with van der Waals surface area (Å²) in [6.45, 7) is 2.65. The third kappa shape index (κ3) is 3.16. The zero-order valence-corrected chi connectivity index (χ0v) is 13.8.